The molecule has 2 aliphatic heterocycles. The number of aromatic nitrogens is 2. The quantitative estimate of drug-likeness (QED) is 0.335. The third kappa shape index (κ3) is 7.19. The number of benzene rings is 2. The molecule has 0 bridgehead atoms. The largest absolute Gasteiger partial charge is 0.494 e. The predicted molar refractivity (Wildman–Crippen MR) is 161 cm³/mol. The van der Waals surface area contributed by atoms with Crippen molar-refractivity contribution in [2.75, 3.05) is 77.4 Å². The van der Waals surface area contributed by atoms with Gasteiger partial charge in [0.1, 0.15) is 12.4 Å². The number of rotatable bonds is 11. The van der Waals surface area contributed by atoms with Gasteiger partial charge in [-0.1, -0.05) is 0 Å². The third-order valence-corrected chi connectivity index (χ3v) is 8.05. The summed E-state index contributed by atoms with van der Waals surface area (Å²) in [6.07, 6.45) is 5.15. The van der Waals surface area contributed by atoms with Gasteiger partial charge in [-0.15, -0.1) is 0 Å². The average Bonchev–Trinajstić information content (AvgIpc) is 3.03. The van der Waals surface area contributed by atoms with E-state index in [0.717, 1.165) is 75.3 Å². The number of anilines is 3. The van der Waals surface area contributed by atoms with Gasteiger partial charge in [0.25, 0.3) is 0 Å². The first-order valence-corrected chi connectivity index (χ1v) is 14.6. The van der Waals surface area contributed by atoms with Crippen molar-refractivity contribution in [2.45, 2.75) is 32.4 Å². The van der Waals surface area contributed by atoms with E-state index in [9.17, 15) is 8.78 Å². The van der Waals surface area contributed by atoms with Crippen molar-refractivity contribution in [1.29, 1.82) is 0 Å². The molecule has 5 rings (SSSR count). The summed E-state index contributed by atoms with van der Waals surface area (Å²) in [4.78, 5) is 16.1. The molecular weight excluding hydrogens is 558 g/mol. The van der Waals surface area contributed by atoms with Crippen molar-refractivity contribution in [3.05, 3.63) is 53.9 Å². The van der Waals surface area contributed by atoms with Crippen LogP contribution in [0.4, 0.5) is 26.1 Å². The van der Waals surface area contributed by atoms with E-state index >= 15 is 0 Å². The second-order valence-corrected chi connectivity index (χ2v) is 10.7. The average molecular weight is 599 g/mol. The fourth-order valence-electron chi connectivity index (χ4n) is 5.59. The molecule has 0 spiro atoms. The van der Waals surface area contributed by atoms with Gasteiger partial charge in [-0.2, -0.15) is 0 Å². The van der Waals surface area contributed by atoms with Gasteiger partial charge in [-0.3, -0.25) is 4.90 Å². The van der Waals surface area contributed by atoms with Gasteiger partial charge in [0.2, 0.25) is 5.95 Å². The van der Waals surface area contributed by atoms with E-state index in [-0.39, 0.29) is 22.8 Å². The van der Waals surface area contributed by atoms with Gasteiger partial charge in [-0.25, -0.2) is 18.7 Å². The summed E-state index contributed by atoms with van der Waals surface area (Å²) < 4.78 is 50.8. The van der Waals surface area contributed by atoms with E-state index in [2.05, 4.69) is 43.1 Å². The Morgan fingerprint density at radius 1 is 0.860 bits per heavy atom. The number of piperidine rings is 1. The molecular formula is C31H40F2N6O4. The third-order valence-electron chi connectivity index (χ3n) is 8.05. The van der Waals surface area contributed by atoms with Crippen LogP contribution in [0.5, 0.6) is 23.0 Å². The summed E-state index contributed by atoms with van der Waals surface area (Å²) >= 11 is 0. The molecule has 0 amide bonds. The van der Waals surface area contributed by atoms with Crippen LogP contribution in [-0.4, -0.2) is 93.0 Å². The number of hydrogen-bond acceptors (Lipinski definition) is 10. The number of nitrogens with one attached hydrogen (secondary N) is 1. The maximum Gasteiger partial charge on any atom is 0.227 e. The second kappa shape index (κ2) is 14.0. The summed E-state index contributed by atoms with van der Waals surface area (Å²) in [5.74, 6) is -0.586. The lowest BCUT2D eigenvalue weighted by atomic mass is 10.0. The first kappa shape index (κ1) is 30.6. The van der Waals surface area contributed by atoms with Gasteiger partial charge in [0.15, 0.2) is 28.9 Å². The normalized spacial score (nSPS) is 16.7. The minimum absolute atomic E-state index is 0.139. The van der Waals surface area contributed by atoms with Crippen LogP contribution in [0.2, 0.25) is 0 Å². The molecule has 0 radical (unpaired) electrons. The number of halogens is 2. The zero-order valence-electron chi connectivity index (χ0n) is 25.2. The number of likely N-dealkylation sites (N-methyl/N-ethyl adjacent to an activating group) is 1. The van der Waals surface area contributed by atoms with Crippen LogP contribution < -0.4 is 29.2 Å². The molecule has 2 saturated heterocycles. The fourth-order valence-corrected chi connectivity index (χ4v) is 5.59. The molecule has 2 aromatic carbocycles. The molecule has 0 unspecified atom stereocenters. The van der Waals surface area contributed by atoms with Crippen LogP contribution in [0.3, 0.4) is 0 Å². The smallest absolute Gasteiger partial charge is 0.227 e. The highest BCUT2D eigenvalue weighted by molar-refractivity contribution is 5.67. The van der Waals surface area contributed by atoms with Crippen molar-refractivity contribution in [2.24, 2.45) is 0 Å². The minimum atomic E-state index is -0.854. The highest BCUT2D eigenvalue weighted by atomic mass is 19.1. The summed E-state index contributed by atoms with van der Waals surface area (Å²) in [7, 11) is 4.78. The Hall–Kier alpha value is -3.90. The summed E-state index contributed by atoms with van der Waals surface area (Å²) in [5, 5.41) is 3.20. The first-order chi connectivity index (χ1) is 20.9. The van der Waals surface area contributed by atoms with Crippen LogP contribution in [-0.2, 0) is 6.61 Å². The molecule has 0 atom stereocenters. The molecule has 1 aromatic heterocycles. The molecule has 3 aromatic rings. The minimum Gasteiger partial charge on any atom is -0.494 e. The number of methoxy groups -OCH3 is 2. The van der Waals surface area contributed by atoms with Crippen molar-refractivity contribution in [3.63, 3.8) is 0 Å². The summed E-state index contributed by atoms with van der Waals surface area (Å²) in [6.45, 7) is 8.69. The van der Waals surface area contributed by atoms with E-state index in [4.69, 9.17) is 18.9 Å². The first-order valence-electron chi connectivity index (χ1n) is 14.6. The van der Waals surface area contributed by atoms with Crippen LogP contribution in [0.25, 0.3) is 0 Å². The molecule has 0 saturated carbocycles. The molecule has 232 valence electrons. The van der Waals surface area contributed by atoms with Crippen molar-refractivity contribution < 1.29 is 27.7 Å². The Labute approximate surface area is 251 Å². The van der Waals surface area contributed by atoms with Gasteiger partial charge >= 0.3 is 0 Å². The summed E-state index contributed by atoms with van der Waals surface area (Å²) in [6, 6.07) is 7.81. The van der Waals surface area contributed by atoms with Crippen LogP contribution in [0.15, 0.2) is 36.7 Å². The molecule has 12 heteroatoms. The van der Waals surface area contributed by atoms with Crippen molar-refractivity contribution in [3.8, 4) is 23.0 Å². The molecule has 0 aliphatic carbocycles. The Kier molecular flexibility index (Phi) is 9.98. The lowest BCUT2D eigenvalue weighted by Crippen LogP contribution is -2.52. The van der Waals surface area contributed by atoms with E-state index in [1.54, 1.807) is 0 Å². The van der Waals surface area contributed by atoms with Crippen LogP contribution in [0, 0.1) is 11.6 Å². The SMILES string of the molecule is CCOc1cc(Nc2ncc(OCc3c(F)c(OC)cc(OC)c3F)cn2)ccc1N1CCC(N2CCN(C)CC2)CC1. The molecule has 1 N–H and O–H groups in total. The zero-order valence-corrected chi connectivity index (χ0v) is 25.2. The highest BCUT2D eigenvalue weighted by Gasteiger charge is 2.28. The monoisotopic (exact) mass is 598 g/mol. The number of nitrogens with zero attached hydrogens (tertiary/aromatic N) is 5. The van der Waals surface area contributed by atoms with E-state index in [1.165, 1.54) is 26.6 Å². The lowest BCUT2D eigenvalue weighted by Gasteiger charge is -2.42. The van der Waals surface area contributed by atoms with Gasteiger partial charge in [0, 0.05) is 63.1 Å². The Morgan fingerprint density at radius 3 is 2.12 bits per heavy atom. The van der Waals surface area contributed by atoms with Crippen molar-refractivity contribution in [1.82, 2.24) is 19.8 Å². The van der Waals surface area contributed by atoms with Gasteiger partial charge in [0.05, 0.1) is 44.5 Å². The van der Waals surface area contributed by atoms with Gasteiger partial charge < -0.3 is 34.1 Å². The molecule has 2 aliphatic rings. The molecule has 43 heavy (non-hydrogen) atoms. The van der Waals surface area contributed by atoms with Crippen LogP contribution >= 0.6 is 0 Å². The van der Waals surface area contributed by atoms with Crippen molar-refractivity contribution >= 4 is 17.3 Å². The molecule has 10 nitrogen and oxygen atoms in total. The standard InChI is InChI=1S/C31H40F2N6O4/c1-5-42-26-16-21(6-7-25(26)39-10-8-22(9-11-39)38-14-12-37(2)13-15-38)36-31-34-18-23(19-35-31)43-20-24-29(32)27(40-3)17-28(41-4)30(24)33/h6-7,16-19,22H,5,8-15,20H2,1-4H3,(H,34,35,36). The van der Waals surface area contributed by atoms with Gasteiger partial charge in [-0.05, 0) is 38.9 Å². The topological polar surface area (TPSA) is 84.4 Å². The predicted octanol–water partition coefficient (Wildman–Crippen LogP) is 4.71. The number of hydrogen-bond donors (Lipinski definition) is 1. The van der Waals surface area contributed by atoms with E-state index in [0.29, 0.717) is 18.6 Å². The lowest BCUT2D eigenvalue weighted by molar-refractivity contribution is 0.0981. The van der Waals surface area contributed by atoms with E-state index in [1.807, 2.05) is 19.1 Å². The molecule has 3 heterocycles. The Balaban J connectivity index is 1.20. The zero-order chi connectivity index (χ0) is 30.3. The second-order valence-electron chi connectivity index (χ2n) is 10.7. The maximum atomic E-state index is 14.6. The Bertz CT molecular complexity index is 1340. The number of piperazine rings is 1. The highest BCUT2D eigenvalue weighted by Crippen LogP contribution is 2.35. The summed E-state index contributed by atoms with van der Waals surface area (Å²) in [5.41, 5.74) is 1.55. The maximum absolute atomic E-state index is 14.6. The fraction of sp³-hybridized carbons (Fsp3) is 0.484. The van der Waals surface area contributed by atoms with E-state index < -0.39 is 18.2 Å². The Morgan fingerprint density at radius 2 is 1.51 bits per heavy atom. The molecule has 2 fully saturated rings. The van der Waals surface area contributed by atoms with Crippen LogP contribution in [0.1, 0.15) is 25.3 Å². The number of ether oxygens (including phenoxy) is 4.